The Balaban J connectivity index is 2.27. The van der Waals surface area contributed by atoms with Crippen molar-refractivity contribution in [2.45, 2.75) is 65.2 Å². The van der Waals surface area contributed by atoms with Crippen molar-refractivity contribution in [3.05, 3.63) is 53.1 Å². The zero-order valence-electron chi connectivity index (χ0n) is 19.7. The van der Waals surface area contributed by atoms with Crippen molar-refractivity contribution in [1.82, 2.24) is 15.3 Å². The molecule has 0 bridgehead atoms. The molecule has 2 aromatic rings. The molecule has 1 atom stereocenters. The van der Waals surface area contributed by atoms with Crippen molar-refractivity contribution in [2.75, 3.05) is 7.11 Å². The summed E-state index contributed by atoms with van der Waals surface area (Å²) >= 11 is 0. The van der Waals surface area contributed by atoms with Gasteiger partial charge in [-0.05, 0) is 60.8 Å². The quantitative estimate of drug-likeness (QED) is 0.514. The Morgan fingerprint density at radius 3 is 2.23 bits per heavy atom. The molecule has 0 radical (unpaired) electrons. The van der Waals surface area contributed by atoms with Gasteiger partial charge in [0.15, 0.2) is 0 Å². The summed E-state index contributed by atoms with van der Waals surface area (Å²) in [7, 11) is -0.663. The van der Waals surface area contributed by atoms with Crippen molar-refractivity contribution >= 4 is 20.2 Å². The first-order chi connectivity index (χ1) is 14.4. The summed E-state index contributed by atoms with van der Waals surface area (Å²) in [6.45, 7) is 15.0. The molecule has 8 heteroatoms. The van der Waals surface area contributed by atoms with Crippen molar-refractivity contribution < 1.29 is 18.8 Å². The van der Waals surface area contributed by atoms with Crippen LogP contribution in [0.25, 0.3) is 0 Å². The Labute approximate surface area is 185 Å². The Kier molecular flexibility index (Phi) is 7.59. The molecule has 1 N–H and O–H groups in total. The standard InChI is InChI=1S/C23H33N3O4Si/c1-15-11-17(30-31(7,8)23(3,4)5)12-16(2)18(15)13-19(22(28)29-6)26-21(27)20-14-24-9-10-25-20/h9-12,14,19H,13H2,1-8H3,(H,26,27)/t19-/m0/s1. The highest BCUT2D eigenvalue weighted by Gasteiger charge is 2.39. The topological polar surface area (TPSA) is 90.4 Å². The van der Waals surface area contributed by atoms with Gasteiger partial charge in [-0.3, -0.25) is 9.78 Å². The van der Waals surface area contributed by atoms with E-state index in [0.717, 1.165) is 22.4 Å². The summed E-state index contributed by atoms with van der Waals surface area (Å²) in [5.41, 5.74) is 3.10. The number of aryl methyl sites for hydroxylation is 2. The maximum absolute atomic E-state index is 12.5. The molecule has 0 aliphatic rings. The lowest BCUT2D eigenvalue weighted by atomic mass is 9.96. The zero-order chi connectivity index (χ0) is 23.4. The van der Waals surface area contributed by atoms with Gasteiger partial charge in [-0.2, -0.15) is 0 Å². The first kappa shape index (κ1) is 24.5. The van der Waals surface area contributed by atoms with Gasteiger partial charge >= 0.3 is 5.97 Å². The van der Waals surface area contributed by atoms with Gasteiger partial charge in [0.05, 0.1) is 13.3 Å². The normalized spacial score (nSPS) is 12.8. The number of hydrogen-bond acceptors (Lipinski definition) is 6. The average Bonchev–Trinajstić information content (AvgIpc) is 2.68. The van der Waals surface area contributed by atoms with E-state index in [9.17, 15) is 9.59 Å². The number of nitrogens with zero attached hydrogens (tertiary/aromatic N) is 2. The van der Waals surface area contributed by atoms with Crippen LogP contribution in [0, 0.1) is 13.8 Å². The van der Waals surface area contributed by atoms with Crippen molar-refractivity contribution in [3.63, 3.8) is 0 Å². The lowest BCUT2D eigenvalue weighted by Gasteiger charge is -2.36. The molecule has 0 fully saturated rings. The molecule has 168 valence electrons. The Morgan fingerprint density at radius 2 is 1.74 bits per heavy atom. The third kappa shape index (κ3) is 6.13. The Hall–Kier alpha value is -2.74. The number of esters is 1. The van der Waals surface area contributed by atoms with E-state index in [-0.39, 0.29) is 10.7 Å². The average molecular weight is 444 g/mol. The van der Waals surface area contributed by atoms with E-state index in [0.29, 0.717) is 6.42 Å². The maximum atomic E-state index is 12.5. The molecule has 1 heterocycles. The minimum absolute atomic E-state index is 0.0913. The highest BCUT2D eigenvalue weighted by molar-refractivity contribution is 6.74. The lowest BCUT2D eigenvalue weighted by Crippen LogP contribution is -2.44. The monoisotopic (exact) mass is 443 g/mol. The predicted octanol–water partition coefficient (Wildman–Crippen LogP) is 3.99. The van der Waals surface area contributed by atoms with Gasteiger partial charge in [-0.1, -0.05) is 20.8 Å². The highest BCUT2D eigenvalue weighted by atomic mass is 28.4. The van der Waals surface area contributed by atoms with E-state index in [2.05, 4.69) is 49.1 Å². The van der Waals surface area contributed by atoms with Crippen LogP contribution in [0.15, 0.2) is 30.7 Å². The van der Waals surface area contributed by atoms with Crippen LogP contribution in [0.5, 0.6) is 5.75 Å². The van der Waals surface area contributed by atoms with Crippen LogP contribution >= 0.6 is 0 Å². The van der Waals surface area contributed by atoms with Gasteiger partial charge in [0.25, 0.3) is 5.91 Å². The third-order valence-corrected chi connectivity index (χ3v) is 10.2. The number of aromatic nitrogens is 2. The van der Waals surface area contributed by atoms with Crippen LogP contribution in [0.1, 0.15) is 48.0 Å². The second-order valence-electron chi connectivity index (χ2n) is 9.24. The summed E-state index contributed by atoms with van der Waals surface area (Å²) in [4.78, 5) is 32.8. The largest absolute Gasteiger partial charge is 0.543 e. The fourth-order valence-corrected chi connectivity index (χ4v) is 3.98. The van der Waals surface area contributed by atoms with E-state index in [4.69, 9.17) is 9.16 Å². The molecule has 2 rings (SSSR count). The lowest BCUT2D eigenvalue weighted by molar-refractivity contribution is -0.142. The molecular formula is C23H33N3O4Si. The third-order valence-electron chi connectivity index (χ3n) is 5.84. The zero-order valence-corrected chi connectivity index (χ0v) is 20.7. The smallest absolute Gasteiger partial charge is 0.328 e. The second-order valence-corrected chi connectivity index (χ2v) is 14.0. The number of amides is 1. The molecule has 1 aromatic heterocycles. The molecule has 0 saturated heterocycles. The molecule has 1 aromatic carbocycles. The van der Waals surface area contributed by atoms with Gasteiger partial charge < -0.3 is 14.5 Å². The summed E-state index contributed by atoms with van der Waals surface area (Å²) in [5.74, 6) is -0.155. The number of rotatable bonds is 7. The molecular weight excluding hydrogens is 410 g/mol. The van der Waals surface area contributed by atoms with Crippen molar-refractivity contribution in [2.24, 2.45) is 0 Å². The Bertz CT molecular complexity index is 917. The fraction of sp³-hybridized carbons (Fsp3) is 0.478. The van der Waals surface area contributed by atoms with E-state index in [1.54, 1.807) is 0 Å². The number of ether oxygens (including phenoxy) is 1. The molecule has 7 nitrogen and oxygen atoms in total. The first-order valence-corrected chi connectivity index (χ1v) is 13.2. The number of nitrogens with one attached hydrogen (secondary N) is 1. The molecule has 0 aliphatic carbocycles. The van der Waals surface area contributed by atoms with Gasteiger partial charge in [-0.25, -0.2) is 9.78 Å². The van der Waals surface area contributed by atoms with E-state index in [1.165, 1.54) is 25.7 Å². The van der Waals surface area contributed by atoms with Crippen LogP contribution in [0.2, 0.25) is 18.1 Å². The predicted molar refractivity (Wildman–Crippen MR) is 123 cm³/mol. The molecule has 0 unspecified atom stereocenters. The summed E-state index contributed by atoms with van der Waals surface area (Å²) in [6, 6.07) is 3.16. The summed E-state index contributed by atoms with van der Waals surface area (Å²) in [6.07, 6.45) is 4.57. The summed E-state index contributed by atoms with van der Waals surface area (Å²) < 4.78 is 11.4. The number of hydrogen-bond donors (Lipinski definition) is 1. The summed E-state index contributed by atoms with van der Waals surface area (Å²) in [5, 5.41) is 2.81. The second kappa shape index (κ2) is 9.59. The van der Waals surface area contributed by atoms with Gasteiger partial charge in [0.1, 0.15) is 17.5 Å². The van der Waals surface area contributed by atoms with E-state index < -0.39 is 26.2 Å². The van der Waals surface area contributed by atoms with Crippen LogP contribution < -0.4 is 9.74 Å². The molecule has 0 aliphatic heterocycles. The minimum Gasteiger partial charge on any atom is -0.543 e. The molecule has 31 heavy (non-hydrogen) atoms. The number of benzene rings is 1. The van der Waals surface area contributed by atoms with Crippen LogP contribution in [-0.2, 0) is 16.0 Å². The van der Waals surface area contributed by atoms with Crippen LogP contribution in [0.3, 0.4) is 0 Å². The number of carbonyl (C=O) groups is 2. The maximum Gasteiger partial charge on any atom is 0.328 e. The number of methoxy groups -OCH3 is 1. The SMILES string of the molecule is COC(=O)[C@H](Cc1c(C)cc(O[Si](C)(C)C(C)(C)C)cc1C)NC(=O)c1cnccn1. The fourth-order valence-electron chi connectivity index (χ4n) is 2.97. The molecule has 0 spiro atoms. The van der Waals surface area contributed by atoms with Crippen molar-refractivity contribution in [3.8, 4) is 5.75 Å². The first-order valence-electron chi connectivity index (χ1n) is 10.3. The van der Waals surface area contributed by atoms with Crippen molar-refractivity contribution in [1.29, 1.82) is 0 Å². The Morgan fingerprint density at radius 1 is 1.13 bits per heavy atom. The molecule has 0 saturated carbocycles. The van der Waals surface area contributed by atoms with Gasteiger partial charge in [-0.15, -0.1) is 0 Å². The van der Waals surface area contributed by atoms with Crippen LogP contribution in [-0.4, -0.2) is 43.3 Å². The highest BCUT2D eigenvalue weighted by Crippen LogP contribution is 2.38. The minimum atomic E-state index is -1.97. The molecule has 1 amide bonds. The van der Waals surface area contributed by atoms with Crippen LogP contribution in [0.4, 0.5) is 0 Å². The van der Waals surface area contributed by atoms with E-state index >= 15 is 0 Å². The van der Waals surface area contributed by atoms with Gasteiger partial charge in [0.2, 0.25) is 8.32 Å². The number of carbonyl (C=O) groups excluding carboxylic acids is 2. The van der Waals surface area contributed by atoms with Gasteiger partial charge in [0, 0.05) is 18.8 Å². The van der Waals surface area contributed by atoms with E-state index in [1.807, 2.05) is 26.0 Å².